The predicted molar refractivity (Wildman–Crippen MR) is 51.0 cm³/mol. The highest BCUT2D eigenvalue weighted by Gasteiger charge is 2.15. The summed E-state index contributed by atoms with van der Waals surface area (Å²) in [5.41, 5.74) is 3.12. The van der Waals surface area contributed by atoms with E-state index in [9.17, 15) is 4.79 Å². The molecule has 0 saturated heterocycles. The van der Waals surface area contributed by atoms with Crippen LogP contribution in [0.1, 0.15) is 46.0 Å². The fourth-order valence-electron chi connectivity index (χ4n) is 1.89. The van der Waals surface area contributed by atoms with Gasteiger partial charge in [-0.2, -0.15) is 0 Å². The molecule has 0 saturated carbocycles. The molecule has 0 aromatic rings. The minimum atomic E-state index is 0.747. The molecule has 12 heavy (non-hydrogen) atoms. The van der Waals surface area contributed by atoms with Crippen LogP contribution in [0, 0.1) is 5.92 Å². The number of aldehydes is 1. The minimum absolute atomic E-state index is 0.747. The van der Waals surface area contributed by atoms with Gasteiger partial charge in [0, 0.05) is 6.42 Å². The highest BCUT2D eigenvalue weighted by Crippen LogP contribution is 2.31. The Hall–Kier alpha value is -0.590. The summed E-state index contributed by atoms with van der Waals surface area (Å²) in [5, 5.41) is 0. The van der Waals surface area contributed by atoms with Crippen LogP contribution < -0.4 is 0 Å². The number of carbonyl (C=O) groups excluding carboxylic acids is 1. The van der Waals surface area contributed by atoms with Gasteiger partial charge in [0.1, 0.15) is 6.29 Å². The van der Waals surface area contributed by atoms with E-state index in [4.69, 9.17) is 0 Å². The third kappa shape index (κ3) is 2.47. The number of rotatable bonds is 3. The van der Waals surface area contributed by atoms with Gasteiger partial charge in [0.15, 0.2) is 0 Å². The van der Waals surface area contributed by atoms with Crippen LogP contribution in [0.3, 0.4) is 0 Å². The molecule has 1 heteroatoms. The summed E-state index contributed by atoms with van der Waals surface area (Å²) in [6.45, 7) is 4.45. The molecule has 0 radical (unpaired) electrons. The summed E-state index contributed by atoms with van der Waals surface area (Å²) in [5.74, 6) is 0.777. The van der Waals surface area contributed by atoms with Gasteiger partial charge in [0.25, 0.3) is 0 Å². The van der Waals surface area contributed by atoms with Crippen molar-refractivity contribution < 1.29 is 4.79 Å². The number of hydrogen-bond donors (Lipinski definition) is 0. The first kappa shape index (κ1) is 9.50. The van der Waals surface area contributed by atoms with Gasteiger partial charge >= 0.3 is 0 Å². The first-order valence-corrected chi connectivity index (χ1v) is 4.83. The van der Waals surface area contributed by atoms with E-state index in [2.05, 4.69) is 13.8 Å². The summed E-state index contributed by atoms with van der Waals surface area (Å²) >= 11 is 0. The third-order valence-corrected chi connectivity index (χ3v) is 2.94. The standard InChI is InChI=1S/C11H18O/c1-9-5-6-11(4-3-7-12)8-10(9)2/h7,11H,3-6,8H2,1-2H3. The maximum Gasteiger partial charge on any atom is 0.120 e. The quantitative estimate of drug-likeness (QED) is 0.465. The van der Waals surface area contributed by atoms with Crippen LogP contribution in [-0.4, -0.2) is 6.29 Å². The van der Waals surface area contributed by atoms with Gasteiger partial charge in [0.05, 0.1) is 0 Å². The lowest BCUT2D eigenvalue weighted by Gasteiger charge is -2.23. The van der Waals surface area contributed by atoms with Crippen molar-refractivity contribution in [3.05, 3.63) is 11.1 Å². The first-order valence-electron chi connectivity index (χ1n) is 4.83. The second kappa shape index (κ2) is 4.44. The van der Waals surface area contributed by atoms with Crippen molar-refractivity contribution in [1.82, 2.24) is 0 Å². The van der Waals surface area contributed by atoms with E-state index >= 15 is 0 Å². The molecule has 1 unspecified atom stereocenters. The summed E-state index contributed by atoms with van der Waals surface area (Å²) in [6, 6.07) is 0. The lowest BCUT2D eigenvalue weighted by molar-refractivity contribution is -0.108. The van der Waals surface area contributed by atoms with E-state index in [1.165, 1.54) is 19.3 Å². The summed E-state index contributed by atoms with van der Waals surface area (Å²) < 4.78 is 0. The van der Waals surface area contributed by atoms with E-state index < -0.39 is 0 Å². The van der Waals surface area contributed by atoms with Gasteiger partial charge in [-0.05, 0) is 45.4 Å². The zero-order valence-corrected chi connectivity index (χ0v) is 8.10. The van der Waals surface area contributed by atoms with Gasteiger partial charge in [-0.15, -0.1) is 0 Å². The van der Waals surface area contributed by atoms with Crippen molar-refractivity contribution in [3.8, 4) is 0 Å². The molecule has 0 heterocycles. The van der Waals surface area contributed by atoms with Gasteiger partial charge in [-0.1, -0.05) is 11.1 Å². The lowest BCUT2D eigenvalue weighted by Crippen LogP contribution is -2.08. The molecule has 0 N–H and O–H groups in total. The molecule has 0 bridgehead atoms. The van der Waals surface area contributed by atoms with E-state index in [0.717, 1.165) is 25.0 Å². The fraction of sp³-hybridized carbons (Fsp3) is 0.727. The lowest BCUT2D eigenvalue weighted by atomic mass is 9.83. The zero-order chi connectivity index (χ0) is 8.97. The molecule has 0 spiro atoms. The van der Waals surface area contributed by atoms with Gasteiger partial charge in [-0.3, -0.25) is 0 Å². The molecule has 0 aromatic heterocycles. The molecule has 0 aromatic carbocycles. The van der Waals surface area contributed by atoms with E-state index in [0.29, 0.717) is 0 Å². The van der Waals surface area contributed by atoms with E-state index in [-0.39, 0.29) is 0 Å². The van der Waals surface area contributed by atoms with Crippen molar-refractivity contribution in [2.45, 2.75) is 46.0 Å². The van der Waals surface area contributed by atoms with Crippen LogP contribution in [0.25, 0.3) is 0 Å². The topological polar surface area (TPSA) is 17.1 Å². The highest BCUT2D eigenvalue weighted by atomic mass is 16.1. The van der Waals surface area contributed by atoms with Crippen LogP contribution >= 0.6 is 0 Å². The Morgan fingerprint density at radius 3 is 2.75 bits per heavy atom. The van der Waals surface area contributed by atoms with Crippen LogP contribution in [0.4, 0.5) is 0 Å². The SMILES string of the molecule is CC1=C(C)CC(CCC=O)CC1. The Bertz CT molecular complexity index is 189. The monoisotopic (exact) mass is 166 g/mol. The normalized spacial score (nSPS) is 24.3. The number of carbonyl (C=O) groups is 1. The van der Waals surface area contributed by atoms with Crippen LogP contribution in [0.5, 0.6) is 0 Å². The Labute approximate surface area is 74.9 Å². The average molecular weight is 166 g/mol. The zero-order valence-electron chi connectivity index (χ0n) is 8.10. The molecular weight excluding hydrogens is 148 g/mol. The van der Waals surface area contributed by atoms with Crippen molar-refractivity contribution >= 4 is 6.29 Å². The molecule has 0 fully saturated rings. The smallest absolute Gasteiger partial charge is 0.120 e. The van der Waals surface area contributed by atoms with Gasteiger partial charge in [0.2, 0.25) is 0 Å². The summed E-state index contributed by atoms with van der Waals surface area (Å²) in [7, 11) is 0. The molecular formula is C11H18O. The number of allylic oxidation sites excluding steroid dienone is 2. The predicted octanol–water partition coefficient (Wildman–Crippen LogP) is 3.10. The molecule has 68 valence electrons. The molecule has 1 aliphatic carbocycles. The molecule has 1 aliphatic rings. The maximum atomic E-state index is 10.2. The third-order valence-electron chi connectivity index (χ3n) is 2.94. The van der Waals surface area contributed by atoms with Crippen LogP contribution in [-0.2, 0) is 4.79 Å². The second-order valence-electron chi connectivity index (χ2n) is 3.91. The largest absolute Gasteiger partial charge is 0.303 e. The second-order valence-corrected chi connectivity index (χ2v) is 3.91. The fourth-order valence-corrected chi connectivity index (χ4v) is 1.89. The first-order chi connectivity index (χ1) is 5.74. The van der Waals surface area contributed by atoms with Crippen LogP contribution in [0.15, 0.2) is 11.1 Å². The van der Waals surface area contributed by atoms with Gasteiger partial charge < -0.3 is 4.79 Å². The van der Waals surface area contributed by atoms with Crippen molar-refractivity contribution in [2.75, 3.05) is 0 Å². The Kier molecular flexibility index (Phi) is 3.51. The Morgan fingerprint density at radius 1 is 1.42 bits per heavy atom. The molecule has 0 amide bonds. The molecule has 1 rings (SSSR count). The van der Waals surface area contributed by atoms with Gasteiger partial charge in [-0.25, -0.2) is 0 Å². The number of hydrogen-bond acceptors (Lipinski definition) is 1. The van der Waals surface area contributed by atoms with Crippen LogP contribution in [0.2, 0.25) is 0 Å². The highest BCUT2D eigenvalue weighted by molar-refractivity contribution is 5.49. The van der Waals surface area contributed by atoms with E-state index in [1.807, 2.05) is 0 Å². The Morgan fingerprint density at radius 2 is 2.17 bits per heavy atom. The molecule has 1 nitrogen and oxygen atoms in total. The molecule has 0 aliphatic heterocycles. The van der Waals surface area contributed by atoms with Crippen molar-refractivity contribution in [1.29, 1.82) is 0 Å². The Balaban J connectivity index is 2.38. The minimum Gasteiger partial charge on any atom is -0.303 e. The maximum absolute atomic E-state index is 10.2. The van der Waals surface area contributed by atoms with Crippen molar-refractivity contribution in [2.24, 2.45) is 5.92 Å². The van der Waals surface area contributed by atoms with Crippen molar-refractivity contribution in [3.63, 3.8) is 0 Å². The summed E-state index contributed by atoms with van der Waals surface area (Å²) in [6.07, 6.45) is 6.64. The molecule has 1 atom stereocenters. The van der Waals surface area contributed by atoms with E-state index in [1.54, 1.807) is 11.1 Å². The summed E-state index contributed by atoms with van der Waals surface area (Å²) in [4.78, 5) is 10.2. The average Bonchev–Trinajstić information content (AvgIpc) is 2.07.